The topological polar surface area (TPSA) is 55.4 Å². The summed E-state index contributed by atoms with van der Waals surface area (Å²) in [6.45, 7) is 5.29. The minimum absolute atomic E-state index is 0.415. The Hall–Kier alpha value is -2.31. The van der Waals surface area contributed by atoms with Crippen LogP contribution in [0.5, 0.6) is 0 Å². The number of benzene rings is 1. The first-order valence-corrected chi connectivity index (χ1v) is 6.38. The molecule has 7 heteroatoms. The van der Waals surface area contributed by atoms with E-state index >= 15 is 0 Å². The van der Waals surface area contributed by atoms with Crippen molar-refractivity contribution in [3.05, 3.63) is 42.5 Å². The number of esters is 1. The number of ether oxygens (including phenoxy) is 1. The van der Waals surface area contributed by atoms with Crippen LogP contribution >= 0.6 is 0 Å². The van der Waals surface area contributed by atoms with E-state index in [9.17, 15) is 22.8 Å². The van der Waals surface area contributed by atoms with Crippen LogP contribution in [-0.2, 0) is 14.3 Å². The van der Waals surface area contributed by atoms with Crippen LogP contribution in [0.1, 0.15) is 12.5 Å². The molecule has 1 aromatic carbocycles. The van der Waals surface area contributed by atoms with Crippen molar-refractivity contribution in [2.45, 2.75) is 19.1 Å². The van der Waals surface area contributed by atoms with Gasteiger partial charge in [-0.1, -0.05) is 43.8 Å². The van der Waals surface area contributed by atoms with Gasteiger partial charge in [0.05, 0.1) is 7.11 Å². The molecule has 0 fully saturated rings. The van der Waals surface area contributed by atoms with Crippen molar-refractivity contribution in [1.82, 2.24) is 5.32 Å². The van der Waals surface area contributed by atoms with Crippen LogP contribution in [0.4, 0.5) is 13.2 Å². The Bertz CT molecular complexity index is 555. The molecule has 0 aliphatic carbocycles. The van der Waals surface area contributed by atoms with Gasteiger partial charge in [-0.2, -0.15) is 13.2 Å². The summed E-state index contributed by atoms with van der Waals surface area (Å²) in [6, 6.07) is 7.16. The van der Waals surface area contributed by atoms with Crippen LogP contribution in [0.2, 0.25) is 0 Å². The van der Waals surface area contributed by atoms with Gasteiger partial charge in [0.25, 0.3) is 0 Å². The Morgan fingerprint density at radius 2 is 1.77 bits per heavy atom. The van der Waals surface area contributed by atoms with Crippen molar-refractivity contribution in [3.63, 3.8) is 0 Å². The highest BCUT2D eigenvalue weighted by atomic mass is 19.4. The molecule has 2 atom stereocenters. The largest absolute Gasteiger partial charge is 0.471 e. The van der Waals surface area contributed by atoms with Gasteiger partial charge in [0.15, 0.2) is 0 Å². The second kappa shape index (κ2) is 7.11. The zero-order chi connectivity index (χ0) is 16.9. The average Bonchev–Trinajstić information content (AvgIpc) is 2.50. The molecule has 0 heterocycles. The Balaban J connectivity index is 2.99. The van der Waals surface area contributed by atoms with Crippen LogP contribution in [0.25, 0.3) is 5.57 Å². The van der Waals surface area contributed by atoms with Gasteiger partial charge in [-0.15, -0.1) is 0 Å². The van der Waals surface area contributed by atoms with Crippen molar-refractivity contribution < 1.29 is 27.5 Å². The van der Waals surface area contributed by atoms with Gasteiger partial charge in [-0.3, -0.25) is 4.79 Å². The van der Waals surface area contributed by atoms with Crippen LogP contribution in [0.3, 0.4) is 0 Å². The number of nitrogens with one attached hydrogen (secondary N) is 1. The summed E-state index contributed by atoms with van der Waals surface area (Å²) in [7, 11) is 1.03. The molecule has 0 aliphatic heterocycles. The summed E-state index contributed by atoms with van der Waals surface area (Å²) in [6.07, 6.45) is -5.08. The maximum atomic E-state index is 12.4. The van der Waals surface area contributed by atoms with Crippen molar-refractivity contribution in [2.75, 3.05) is 7.11 Å². The highest BCUT2D eigenvalue weighted by Gasteiger charge is 2.42. The first kappa shape index (κ1) is 17.7. The van der Waals surface area contributed by atoms with Crippen molar-refractivity contribution in [1.29, 1.82) is 0 Å². The van der Waals surface area contributed by atoms with E-state index in [1.54, 1.807) is 35.6 Å². The van der Waals surface area contributed by atoms with Crippen LogP contribution < -0.4 is 5.32 Å². The summed E-state index contributed by atoms with van der Waals surface area (Å²) in [5.41, 5.74) is 1.07. The summed E-state index contributed by atoms with van der Waals surface area (Å²) in [4.78, 5) is 22.8. The number of methoxy groups -OCH3 is 1. The Morgan fingerprint density at radius 3 is 2.23 bits per heavy atom. The fraction of sp³-hybridized carbons (Fsp3) is 0.333. The molecule has 0 saturated carbocycles. The fourth-order valence-electron chi connectivity index (χ4n) is 1.85. The predicted octanol–water partition coefficient (Wildman–Crippen LogP) is 2.56. The summed E-state index contributed by atoms with van der Waals surface area (Å²) in [5, 5.41) is 1.66. The number of hydrogen-bond donors (Lipinski definition) is 1. The molecule has 0 saturated heterocycles. The normalized spacial score (nSPS) is 13.9. The van der Waals surface area contributed by atoms with Gasteiger partial charge in [0, 0.05) is 5.92 Å². The van der Waals surface area contributed by atoms with E-state index in [-0.39, 0.29) is 0 Å². The molecule has 120 valence electrons. The summed E-state index contributed by atoms with van der Waals surface area (Å²) < 4.78 is 41.6. The van der Waals surface area contributed by atoms with Gasteiger partial charge >= 0.3 is 18.1 Å². The molecule has 1 rings (SSSR count). The average molecular weight is 315 g/mol. The second-order valence-corrected chi connectivity index (χ2v) is 4.65. The molecule has 0 aliphatic rings. The molecule has 0 aromatic heterocycles. The number of alkyl halides is 3. The highest BCUT2D eigenvalue weighted by molar-refractivity contribution is 5.89. The van der Waals surface area contributed by atoms with Crippen LogP contribution in [0.15, 0.2) is 36.9 Å². The van der Waals surface area contributed by atoms with E-state index < -0.39 is 30.0 Å². The molecule has 1 N–H and O–H groups in total. The van der Waals surface area contributed by atoms with Crippen LogP contribution in [-0.4, -0.2) is 31.2 Å². The lowest BCUT2D eigenvalue weighted by atomic mass is 9.89. The number of carbonyl (C=O) groups is 2. The predicted molar refractivity (Wildman–Crippen MR) is 74.6 cm³/mol. The maximum Gasteiger partial charge on any atom is 0.471 e. The fourth-order valence-corrected chi connectivity index (χ4v) is 1.85. The van der Waals surface area contributed by atoms with E-state index in [2.05, 4.69) is 11.3 Å². The number of hydrogen-bond acceptors (Lipinski definition) is 3. The SMILES string of the molecule is C=C(c1ccccc1)[C@@H](C)[C@H](NC(=O)C(F)(F)F)C(=O)OC. The quantitative estimate of drug-likeness (QED) is 0.850. The number of amides is 1. The highest BCUT2D eigenvalue weighted by Crippen LogP contribution is 2.25. The molecule has 0 bridgehead atoms. The molecular formula is C15H16F3NO3. The third-order valence-corrected chi connectivity index (χ3v) is 3.19. The number of rotatable bonds is 5. The van der Waals surface area contributed by atoms with Crippen molar-refractivity contribution >= 4 is 17.4 Å². The third kappa shape index (κ3) is 4.34. The number of halogens is 3. The molecular weight excluding hydrogens is 299 g/mol. The van der Waals surface area contributed by atoms with Crippen molar-refractivity contribution in [2.24, 2.45) is 5.92 Å². The molecule has 22 heavy (non-hydrogen) atoms. The zero-order valence-corrected chi connectivity index (χ0v) is 12.1. The smallest absolute Gasteiger partial charge is 0.467 e. The van der Waals surface area contributed by atoms with Gasteiger partial charge in [0.1, 0.15) is 6.04 Å². The third-order valence-electron chi connectivity index (χ3n) is 3.19. The monoisotopic (exact) mass is 315 g/mol. The lowest BCUT2D eigenvalue weighted by molar-refractivity contribution is -0.176. The van der Waals surface area contributed by atoms with E-state index in [4.69, 9.17) is 0 Å². The number of carbonyl (C=O) groups excluding carboxylic acids is 2. The molecule has 0 spiro atoms. The van der Waals surface area contributed by atoms with Gasteiger partial charge in [-0.05, 0) is 11.1 Å². The Labute approximate surface area is 126 Å². The summed E-state index contributed by atoms with van der Waals surface area (Å²) >= 11 is 0. The molecule has 0 unspecified atom stereocenters. The van der Waals surface area contributed by atoms with Gasteiger partial charge in [0.2, 0.25) is 0 Å². The minimum Gasteiger partial charge on any atom is -0.467 e. The molecule has 1 amide bonds. The maximum absolute atomic E-state index is 12.4. The van der Waals surface area contributed by atoms with E-state index in [0.717, 1.165) is 7.11 Å². The molecule has 0 radical (unpaired) electrons. The van der Waals surface area contributed by atoms with E-state index in [0.29, 0.717) is 11.1 Å². The first-order valence-electron chi connectivity index (χ1n) is 6.38. The zero-order valence-electron chi connectivity index (χ0n) is 12.1. The minimum atomic E-state index is -5.08. The van der Waals surface area contributed by atoms with Crippen LogP contribution in [0, 0.1) is 5.92 Å². The Morgan fingerprint density at radius 1 is 1.23 bits per heavy atom. The second-order valence-electron chi connectivity index (χ2n) is 4.65. The van der Waals surface area contributed by atoms with Gasteiger partial charge < -0.3 is 10.1 Å². The first-order chi connectivity index (χ1) is 10.2. The van der Waals surface area contributed by atoms with Crippen molar-refractivity contribution in [3.8, 4) is 0 Å². The molecule has 4 nitrogen and oxygen atoms in total. The lowest BCUT2D eigenvalue weighted by Gasteiger charge is -2.25. The lowest BCUT2D eigenvalue weighted by Crippen LogP contribution is -2.50. The summed E-state index contributed by atoms with van der Waals surface area (Å²) in [5.74, 6) is -3.95. The standard InChI is InChI=1S/C15H16F3NO3/c1-9(11-7-5-4-6-8-11)10(2)12(13(20)22-3)19-14(21)15(16,17)18/h4-8,10,12H,1H2,2-3H3,(H,19,21)/t10-,12+/m1/s1. The molecule has 1 aromatic rings. The van der Waals surface area contributed by atoms with Gasteiger partial charge in [-0.25, -0.2) is 4.79 Å². The van der Waals surface area contributed by atoms with E-state index in [1.165, 1.54) is 6.92 Å². The Kier molecular flexibility index (Phi) is 5.73. The van der Waals surface area contributed by atoms with E-state index in [1.807, 2.05) is 0 Å².